The summed E-state index contributed by atoms with van der Waals surface area (Å²) < 4.78 is 64.0. The maximum atomic E-state index is 15.0. The smallest absolute Gasteiger partial charge is 0.406 e. The fourth-order valence-electron chi connectivity index (χ4n) is 9.74. The Kier molecular flexibility index (Phi) is 12.3. The number of amides is 2. The van der Waals surface area contributed by atoms with Crippen LogP contribution in [0.15, 0.2) is 35.8 Å². The molecule has 4 fully saturated rings. The molecule has 2 amide bonds. The van der Waals surface area contributed by atoms with Gasteiger partial charge in [-0.25, -0.2) is 10.4 Å². The minimum atomic E-state index is -4.59. The van der Waals surface area contributed by atoms with Crippen molar-refractivity contribution in [1.82, 2.24) is 35.2 Å². The number of carbonyl (C=O) groups is 3. The first-order chi connectivity index (χ1) is 30.6. The van der Waals surface area contributed by atoms with Gasteiger partial charge >= 0.3 is 12.1 Å². The lowest BCUT2D eigenvalue weighted by Gasteiger charge is -2.44. The highest BCUT2D eigenvalue weighted by atomic mass is 32.1. The molecule has 4 aromatic rings. The molecule has 6 atom stereocenters. The van der Waals surface area contributed by atoms with E-state index in [1.165, 1.54) is 20.9 Å². The van der Waals surface area contributed by atoms with Crippen LogP contribution in [0.3, 0.4) is 0 Å². The van der Waals surface area contributed by atoms with Gasteiger partial charge in [-0.2, -0.15) is 13.2 Å². The largest absolute Gasteiger partial charge is 0.464 e. The van der Waals surface area contributed by atoms with Crippen molar-refractivity contribution in [2.24, 2.45) is 17.3 Å². The average Bonchev–Trinajstić information content (AvgIpc) is 3.72. The lowest BCUT2D eigenvalue weighted by molar-refractivity contribution is -0.155. The number of hydrazine groups is 1. The Labute approximate surface area is 374 Å². The number of aromatic nitrogens is 3. The molecule has 9 rings (SSSR count). The lowest BCUT2D eigenvalue weighted by atomic mass is 9.84. The number of rotatable bonds is 7. The first kappa shape index (κ1) is 44.6. The van der Waals surface area contributed by atoms with Crippen LogP contribution in [0, 0.1) is 17.3 Å². The monoisotopic (exact) mass is 906 g/mol. The van der Waals surface area contributed by atoms with Crippen LogP contribution in [-0.2, 0) is 48.0 Å². The van der Waals surface area contributed by atoms with Gasteiger partial charge in [0.15, 0.2) is 0 Å². The summed E-state index contributed by atoms with van der Waals surface area (Å²) in [6.07, 6.45) is -1.30. The number of alkyl halides is 3. The highest BCUT2D eigenvalue weighted by Gasteiger charge is 2.42. The number of nitrogens with one attached hydrogen (secondary N) is 2. The van der Waals surface area contributed by atoms with Crippen molar-refractivity contribution in [1.29, 1.82) is 0 Å². The van der Waals surface area contributed by atoms with Gasteiger partial charge in [-0.3, -0.25) is 29.3 Å². The van der Waals surface area contributed by atoms with E-state index in [9.17, 15) is 27.6 Å². The molecule has 1 aliphatic carbocycles. The van der Waals surface area contributed by atoms with Gasteiger partial charge in [-0.15, -0.1) is 11.3 Å². The highest BCUT2D eigenvalue weighted by Crippen LogP contribution is 2.44. The van der Waals surface area contributed by atoms with Gasteiger partial charge in [0.2, 0.25) is 5.91 Å². The second kappa shape index (κ2) is 17.6. The van der Waals surface area contributed by atoms with Gasteiger partial charge in [-0.05, 0) is 62.3 Å². The number of benzene rings is 1. The fourth-order valence-corrected chi connectivity index (χ4v) is 10.6. The quantitative estimate of drug-likeness (QED) is 0.214. The van der Waals surface area contributed by atoms with Crippen molar-refractivity contribution >= 4 is 45.7 Å². The maximum absolute atomic E-state index is 15.0. The first-order valence-corrected chi connectivity index (χ1v) is 23.2. The number of thiazole rings is 1. The van der Waals surface area contributed by atoms with Crippen LogP contribution in [0.4, 0.5) is 18.9 Å². The Hall–Kier alpha value is -4.62. The number of anilines is 1. The van der Waals surface area contributed by atoms with Gasteiger partial charge in [0.25, 0.3) is 5.91 Å². The molecule has 4 aliphatic heterocycles. The zero-order valence-corrected chi connectivity index (χ0v) is 37.8. The molecule has 18 heteroatoms. The molecule has 5 aliphatic rings. The predicted octanol–water partition coefficient (Wildman–Crippen LogP) is 5.92. The maximum Gasteiger partial charge on any atom is 0.406 e. The number of hydrogen-bond acceptors (Lipinski definition) is 12. The predicted molar refractivity (Wildman–Crippen MR) is 235 cm³/mol. The number of hydrogen-bond donors (Lipinski definition) is 2. The van der Waals surface area contributed by atoms with Gasteiger partial charge in [-0.1, -0.05) is 26.8 Å². The topological polar surface area (TPSA) is 143 Å². The third kappa shape index (κ3) is 9.26. The summed E-state index contributed by atoms with van der Waals surface area (Å²) in [5.41, 5.74) is 6.81. The molecular formula is C46H57F3N8O6S. The summed E-state index contributed by atoms with van der Waals surface area (Å²) >= 11 is 1.35. The van der Waals surface area contributed by atoms with E-state index in [1.807, 2.05) is 45.2 Å². The molecule has 1 aromatic carbocycles. The van der Waals surface area contributed by atoms with Crippen LogP contribution in [-0.4, -0.2) is 126 Å². The van der Waals surface area contributed by atoms with E-state index < -0.39 is 42.3 Å². The van der Waals surface area contributed by atoms with E-state index in [4.69, 9.17) is 24.2 Å². The first-order valence-electron chi connectivity index (χ1n) is 22.4. The molecule has 64 heavy (non-hydrogen) atoms. The van der Waals surface area contributed by atoms with E-state index in [1.54, 1.807) is 25.4 Å². The van der Waals surface area contributed by atoms with Gasteiger partial charge < -0.3 is 29.0 Å². The SMILES string of the molecule is CO[C@@H](C)c1ncc(N2CCN3CCOC[C@@H]3C2)cc1-c1c2c3cc(ccc3n1CC(F)(F)F)-c1csc(n1)C[C@H](NC(=O)[C@H]1C[C@@H]1C)C(=O)N1CCC[C@H](N1)C(=O)OCC(C)(C)C2. The van der Waals surface area contributed by atoms with Gasteiger partial charge in [0.05, 0.1) is 65.9 Å². The standard InChI is InChI=1S/C46H57F3N8O6S/c1-26-15-31(26)42(58)52-36-18-39-51-37(23-64-39)28-8-9-38-32(16-28)34(19-45(3,4)25-63-44(60)35-7-6-10-57(53-35)43(36)59)41(56(38)24-46(47,48)49)33-17-29(20-50-40(33)27(2)61-5)55-12-11-54-13-14-62-22-30(54)21-55/h8-9,16-17,20,23,26-27,30-31,35-36,53H,6-7,10-15,18-19,21-22,24-25H2,1-5H3,(H,52,58)/t26-,27-,30-,31-,35-,36-/m0/s1. The number of morpholine rings is 1. The number of ether oxygens (including phenoxy) is 3. The molecule has 2 N–H and O–H groups in total. The third-order valence-electron chi connectivity index (χ3n) is 13.5. The zero-order chi connectivity index (χ0) is 45.1. The molecule has 6 bridgehead atoms. The zero-order valence-electron chi connectivity index (χ0n) is 37.0. The normalized spacial score (nSPS) is 26.0. The number of nitrogens with zero attached hydrogens (tertiary/aromatic N) is 6. The van der Waals surface area contributed by atoms with E-state index in [2.05, 4.69) is 20.5 Å². The van der Waals surface area contributed by atoms with Crippen LogP contribution >= 0.6 is 11.3 Å². The Bertz CT molecular complexity index is 2420. The van der Waals surface area contributed by atoms with Crippen molar-refractivity contribution in [2.75, 3.05) is 64.6 Å². The number of piperazine rings is 1. The van der Waals surface area contributed by atoms with E-state index in [0.717, 1.165) is 31.7 Å². The molecule has 3 aromatic heterocycles. The molecule has 3 saturated heterocycles. The number of halogens is 3. The van der Waals surface area contributed by atoms with Crippen molar-refractivity contribution in [2.45, 2.75) is 96.7 Å². The van der Waals surface area contributed by atoms with Gasteiger partial charge in [0, 0.05) is 85.0 Å². The van der Waals surface area contributed by atoms with E-state index >= 15 is 0 Å². The van der Waals surface area contributed by atoms with Crippen LogP contribution in [0.5, 0.6) is 0 Å². The van der Waals surface area contributed by atoms with E-state index in [0.29, 0.717) is 88.8 Å². The second-order valence-electron chi connectivity index (χ2n) is 18.9. The number of esters is 1. The summed E-state index contributed by atoms with van der Waals surface area (Å²) in [5, 5.41) is 7.48. The number of cyclic esters (lactones) is 1. The molecule has 14 nitrogen and oxygen atoms in total. The van der Waals surface area contributed by atoms with Crippen LogP contribution in [0.25, 0.3) is 33.4 Å². The fraction of sp³-hybridized carbons (Fsp3) is 0.587. The highest BCUT2D eigenvalue weighted by molar-refractivity contribution is 7.10. The van der Waals surface area contributed by atoms with Crippen LogP contribution in [0.1, 0.15) is 69.3 Å². The lowest BCUT2D eigenvalue weighted by Crippen LogP contribution is -2.60. The Morgan fingerprint density at radius 3 is 2.73 bits per heavy atom. The molecule has 344 valence electrons. The number of pyridine rings is 1. The summed E-state index contributed by atoms with van der Waals surface area (Å²) in [7, 11) is 1.56. The molecule has 0 spiro atoms. The number of carbonyl (C=O) groups excluding carboxylic acids is 3. The second-order valence-corrected chi connectivity index (χ2v) is 19.9. The third-order valence-corrected chi connectivity index (χ3v) is 14.4. The molecule has 7 heterocycles. The van der Waals surface area contributed by atoms with Crippen molar-refractivity contribution in [3.63, 3.8) is 0 Å². The minimum Gasteiger partial charge on any atom is -0.464 e. The summed E-state index contributed by atoms with van der Waals surface area (Å²) in [6.45, 7) is 11.1. The van der Waals surface area contributed by atoms with Gasteiger partial charge in [0.1, 0.15) is 18.6 Å². The summed E-state index contributed by atoms with van der Waals surface area (Å²) in [4.78, 5) is 55.8. The number of methoxy groups -OCH3 is 1. The van der Waals surface area contributed by atoms with Crippen molar-refractivity contribution < 1.29 is 41.8 Å². The van der Waals surface area contributed by atoms with Crippen LogP contribution < -0.4 is 15.6 Å². The molecule has 1 saturated carbocycles. The number of fused-ring (bicyclic) bond motifs is 7. The summed E-state index contributed by atoms with van der Waals surface area (Å²) in [5.74, 6) is -1.04. The Morgan fingerprint density at radius 2 is 1.97 bits per heavy atom. The van der Waals surface area contributed by atoms with Crippen molar-refractivity contribution in [3.05, 3.63) is 52.1 Å². The molecule has 0 unspecified atom stereocenters. The minimum absolute atomic E-state index is 0.0515. The Balaban J connectivity index is 1.19. The molecular weight excluding hydrogens is 850 g/mol. The summed E-state index contributed by atoms with van der Waals surface area (Å²) in [6, 6.07) is 5.77. The van der Waals surface area contributed by atoms with Crippen LogP contribution in [0.2, 0.25) is 0 Å². The van der Waals surface area contributed by atoms with E-state index in [-0.39, 0.29) is 49.1 Å². The average molecular weight is 907 g/mol. The molecule has 0 radical (unpaired) electrons. The Morgan fingerprint density at radius 1 is 1.16 bits per heavy atom. The van der Waals surface area contributed by atoms with Crippen molar-refractivity contribution in [3.8, 4) is 22.5 Å².